The van der Waals surface area contributed by atoms with Crippen LogP contribution in [-0.4, -0.2) is 27.0 Å². The number of rotatable bonds is 5. The largest absolute Gasteiger partial charge is 0.476 e. The molecular formula is C22H18Cl2N2O4S. The van der Waals surface area contributed by atoms with E-state index in [-0.39, 0.29) is 12.3 Å². The van der Waals surface area contributed by atoms with Crippen LogP contribution in [0.15, 0.2) is 72.8 Å². The molecule has 4 rings (SSSR count). The maximum Gasteiger partial charge on any atom is 0.267 e. The van der Waals surface area contributed by atoms with Crippen LogP contribution in [-0.2, 0) is 20.6 Å². The molecule has 0 fully saturated rings. The molecule has 160 valence electrons. The molecule has 3 aromatic carbocycles. The lowest BCUT2D eigenvalue weighted by Gasteiger charge is -2.34. The summed E-state index contributed by atoms with van der Waals surface area (Å²) in [6.07, 6.45) is -1.06. The smallest absolute Gasteiger partial charge is 0.267 e. The summed E-state index contributed by atoms with van der Waals surface area (Å²) in [5, 5.41) is 3.42. The van der Waals surface area contributed by atoms with E-state index in [0.29, 0.717) is 32.7 Å². The number of hydrogen-bond donors (Lipinski definition) is 1. The molecule has 0 bridgehead atoms. The first-order valence-corrected chi connectivity index (χ1v) is 11.8. The van der Waals surface area contributed by atoms with Crippen LogP contribution in [0.2, 0.25) is 10.0 Å². The lowest BCUT2D eigenvalue weighted by atomic mass is 10.2. The minimum absolute atomic E-state index is 0.160. The van der Waals surface area contributed by atoms with Gasteiger partial charge < -0.3 is 10.1 Å². The maximum atomic E-state index is 13.2. The summed E-state index contributed by atoms with van der Waals surface area (Å²) in [6, 6.07) is 20.3. The fraction of sp³-hybridized carbons (Fsp3) is 0.136. The first-order valence-electron chi connectivity index (χ1n) is 9.39. The summed E-state index contributed by atoms with van der Waals surface area (Å²) < 4.78 is 33.5. The quantitative estimate of drug-likeness (QED) is 0.577. The molecule has 6 nitrogen and oxygen atoms in total. The second-order valence-electron chi connectivity index (χ2n) is 6.99. The Morgan fingerprint density at radius 2 is 1.65 bits per heavy atom. The van der Waals surface area contributed by atoms with Crippen molar-refractivity contribution in [3.05, 3.63) is 88.4 Å². The molecule has 0 spiro atoms. The number of carbonyl (C=O) groups is 1. The number of anilines is 2. The Bertz CT molecular complexity index is 1200. The molecule has 3 aromatic rings. The number of nitrogens with zero attached hydrogens (tertiary/aromatic N) is 1. The molecule has 1 amide bonds. The molecule has 0 unspecified atom stereocenters. The SMILES string of the molecule is O=C(Nc1cc(Cl)cc(Cl)c1)[C@@H]1CN(S(=O)(=O)Cc2ccccc2)c2ccccc2O1. The zero-order valence-corrected chi connectivity index (χ0v) is 18.5. The molecule has 1 aliphatic heterocycles. The average molecular weight is 477 g/mol. The van der Waals surface area contributed by atoms with Gasteiger partial charge in [-0.25, -0.2) is 8.42 Å². The predicted molar refractivity (Wildman–Crippen MR) is 122 cm³/mol. The lowest BCUT2D eigenvalue weighted by Crippen LogP contribution is -2.49. The monoisotopic (exact) mass is 476 g/mol. The van der Waals surface area contributed by atoms with Gasteiger partial charge in [0.05, 0.1) is 18.0 Å². The molecular weight excluding hydrogens is 459 g/mol. The normalized spacial score (nSPS) is 15.7. The molecule has 1 atom stereocenters. The van der Waals surface area contributed by atoms with E-state index in [4.69, 9.17) is 27.9 Å². The van der Waals surface area contributed by atoms with Gasteiger partial charge in [0.1, 0.15) is 5.75 Å². The van der Waals surface area contributed by atoms with Crippen molar-refractivity contribution in [3.63, 3.8) is 0 Å². The highest BCUT2D eigenvalue weighted by atomic mass is 35.5. The Morgan fingerprint density at radius 3 is 2.35 bits per heavy atom. The third-order valence-corrected chi connectivity index (χ3v) is 6.84. The van der Waals surface area contributed by atoms with Gasteiger partial charge in [-0.3, -0.25) is 9.10 Å². The number of fused-ring (bicyclic) bond motifs is 1. The summed E-state index contributed by atoms with van der Waals surface area (Å²) in [5.74, 6) is -0.386. The van der Waals surface area contributed by atoms with E-state index in [0.717, 1.165) is 0 Å². The van der Waals surface area contributed by atoms with Gasteiger partial charge in [0.2, 0.25) is 10.0 Å². The maximum absolute atomic E-state index is 13.2. The van der Waals surface area contributed by atoms with Crippen molar-refractivity contribution in [2.24, 2.45) is 0 Å². The lowest BCUT2D eigenvalue weighted by molar-refractivity contribution is -0.122. The van der Waals surface area contributed by atoms with Crippen LogP contribution in [0, 0.1) is 0 Å². The highest BCUT2D eigenvalue weighted by molar-refractivity contribution is 7.92. The number of halogens is 2. The topological polar surface area (TPSA) is 75.7 Å². The van der Waals surface area contributed by atoms with Gasteiger partial charge in [0, 0.05) is 15.7 Å². The van der Waals surface area contributed by atoms with E-state index in [9.17, 15) is 13.2 Å². The zero-order chi connectivity index (χ0) is 22.0. The van der Waals surface area contributed by atoms with Crippen molar-refractivity contribution < 1.29 is 17.9 Å². The number of nitrogens with one attached hydrogen (secondary N) is 1. The van der Waals surface area contributed by atoms with Crippen LogP contribution in [0.1, 0.15) is 5.56 Å². The molecule has 1 aliphatic rings. The van der Waals surface area contributed by atoms with Crippen LogP contribution in [0.3, 0.4) is 0 Å². The van der Waals surface area contributed by atoms with Gasteiger partial charge in [-0.2, -0.15) is 0 Å². The Labute approximate surface area is 190 Å². The summed E-state index contributed by atoms with van der Waals surface area (Å²) >= 11 is 12.0. The highest BCUT2D eigenvalue weighted by Crippen LogP contribution is 2.36. The number of hydrogen-bond acceptors (Lipinski definition) is 4. The first-order chi connectivity index (χ1) is 14.8. The second kappa shape index (κ2) is 8.78. The molecule has 31 heavy (non-hydrogen) atoms. The number of para-hydroxylation sites is 2. The van der Waals surface area contributed by atoms with Gasteiger partial charge in [-0.15, -0.1) is 0 Å². The van der Waals surface area contributed by atoms with Crippen molar-refractivity contribution in [2.75, 3.05) is 16.2 Å². The summed E-state index contributed by atoms with van der Waals surface area (Å²) in [4.78, 5) is 12.9. The first kappa shape index (κ1) is 21.5. The van der Waals surface area contributed by atoms with Gasteiger partial charge in [-0.1, -0.05) is 65.7 Å². The standard InChI is InChI=1S/C22H18Cl2N2O4S/c23-16-10-17(24)12-18(11-16)25-22(27)21-13-26(19-8-4-5-9-20(19)30-21)31(28,29)14-15-6-2-1-3-7-15/h1-12,21H,13-14H2,(H,25,27)/t21-/m0/s1. The molecule has 0 radical (unpaired) electrons. The van der Waals surface area contributed by atoms with E-state index >= 15 is 0 Å². The van der Waals surface area contributed by atoms with Gasteiger partial charge >= 0.3 is 0 Å². The minimum Gasteiger partial charge on any atom is -0.476 e. The van der Waals surface area contributed by atoms with Crippen molar-refractivity contribution in [3.8, 4) is 5.75 Å². The van der Waals surface area contributed by atoms with E-state index in [2.05, 4.69) is 5.32 Å². The number of amides is 1. The fourth-order valence-corrected chi connectivity index (χ4v) is 5.42. The molecule has 1 N–H and O–H groups in total. The second-order valence-corrected chi connectivity index (χ2v) is 9.76. The number of carbonyl (C=O) groups excluding carboxylic acids is 1. The molecule has 1 heterocycles. The fourth-order valence-electron chi connectivity index (χ4n) is 3.31. The third-order valence-electron chi connectivity index (χ3n) is 4.69. The minimum atomic E-state index is -3.77. The predicted octanol–water partition coefficient (Wildman–Crippen LogP) is 4.73. The van der Waals surface area contributed by atoms with E-state index in [1.165, 1.54) is 4.31 Å². The highest BCUT2D eigenvalue weighted by Gasteiger charge is 2.36. The van der Waals surface area contributed by atoms with Crippen molar-refractivity contribution in [1.29, 1.82) is 0 Å². The summed E-state index contributed by atoms with van der Waals surface area (Å²) in [7, 11) is -3.77. The molecule has 0 aliphatic carbocycles. The summed E-state index contributed by atoms with van der Waals surface area (Å²) in [5.41, 5.74) is 1.44. The molecule has 0 saturated carbocycles. The van der Waals surface area contributed by atoms with Crippen LogP contribution < -0.4 is 14.4 Å². The Morgan fingerprint density at radius 1 is 1.00 bits per heavy atom. The Kier molecular flexibility index (Phi) is 6.09. The van der Waals surface area contributed by atoms with Crippen molar-refractivity contribution in [1.82, 2.24) is 0 Å². The Hall–Kier alpha value is -2.74. The molecule has 0 saturated heterocycles. The van der Waals surface area contributed by atoms with Crippen LogP contribution in [0.25, 0.3) is 0 Å². The van der Waals surface area contributed by atoms with E-state index in [1.807, 2.05) is 6.07 Å². The van der Waals surface area contributed by atoms with Crippen LogP contribution in [0.4, 0.5) is 11.4 Å². The number of ether oxygens (including phenoxy) is 1. The van der Waals surface area contributed by atoms with Crippen molar-refractivity contribution >= 4 is 50.5 Å². The number of benzene rings is 3. The number of sulfonamides is 1. The van der Waals surface area contributed by atoms with E-state index < -0.39 is 22.0 Å². The Balaban J connectivity index is 1.61. The van der Waals surface area contributed by atoms with Crippen LogP contribution in [0.5, 0.6) is 5.75 Å². The molecule has 9 heteroatoms. The molecule has 0 aromatic heterocycles. The zero-order valence-electron chi connectivity index (χ0n) is 16.2. The third kappa shape index (κ3) is 4.95. The average Bonchev–Trinajstić information content (AvgIpc) is 2.72. The van der Waals surface area contributed by atoms with Gasteiger partial charge in [0.25, 0.3) is 5.91 Å². The van der Waals surface area contributed by atoms with Crippen LogP contribution >= 0.6 is 23.2 Å². The van der Waals surface area contributed by atoms with Gasteiger partial charge in [0.15, 0.2) is 6.10 Å². The van der Waals surface area contributed by atoms with Crippen molar-refractivity contribution in [2.45, 2.75) is 11.9 Å². The van der Waals surface area contributed by atoms with Gasteiger partial charge in [-0.05, 0) is 35.9 Å². The summed E-state index contributed by atoms with van der Waals surface area (Å²) in [6.45, 7) is -0.160. The van der Waals surface area contributed by atoms with E-state index in [1.54, 1.807) is 66.7 Å².